The van der Waals surface area contributed by atoms with Crippen molar-refractivity contribution < 1.29 is 13.2 Å². The number of hydrogen-bond donors (Lipinski definition) is 1. The first-order chi connectivity index (χ1) is 9.36. The number of halogens is 3. The molecule has 1 aromatic rings. The van der Waals surface area contributed by atoms with Crippen LogP contribution in [0.3, 0.4) is 0 Å². The Morgan fingerprint density at radius 1 is 1.40 bits per heavy atom. The van der Waals surface area contributed by atoms with E-state index in [9.17, 15) is 13.2 Å². The molecule has 0 aliphatic carbocycles. The fraction of sp³-hybridized carbons (Fsp3) is 0.643. The zero-order valence-electron chi connectivity index (χ0n) is 11.7. The summed E-state index contributed by atoms with van der Waals surface area (Å²) in [6, 6.07) is 2.94. The number of piperazine rings is 1. The fourth-order valence-corrected chi connectivity index (χ4v) is 2.53. The van der Waals surface area contributed by atoms with E-state index in [4.69, 9.17) is 0 Å². The number of nitrogens with zero attached hydrogens (tertiary/aromatic N) is 2. The van der Waals surface area contributed by atoms with Crippen molar-refractivity contribution in [1.82, 2.24) is 10.3 Å². The first-order valence-corrected chi connectivity index (χ1v) is 6.88. The van der Waals surface area contributed by atoms with Gasteiger partial charge in [0.2, 0.25) is 0 Å². The van der Waals surface area contributed by atoms with Crippen LogP contribution in [0.5, 0.6) is 0 Å². The number of alkyl halides is 3. The van der Waals surface area contributed by atoms with E-state index in [1.54, 1.807) is 0 Å². The van der Waals surface area contributed by atoms with Crippen LogP contribution in [0.1, 0.15) is 26.0 Å². The molecule has 0 amide bonds. The summed E-state index contributed by atoms with van der Waals surface area (Å²) >= 11 is 0. The van der Waals surface area contributed by atoms with Gasteiger partial charge in [-0.2, -0.15) is 13.2 Å². The van der Waals surface area contributed by atoms with Gasteiger partial charge in [-0.1, -0.05) is 13.8 Å². The zero-order chi connectivity index (χ0) is 14.8. The van der Waals surface area contributed by atoms with Crippen molar-refractivity contribution in [2.75, 3.05) is 24.5 Å². The lowest BCUT2D eigenvalue weighted by Crippen LogP contribution is -2.51. The van der Waals surface area contributed by atoms with Crippen molar-refractivity contribution in [2.45, 2.75) is 32.5 Å². The second-order valence-electron chi connectivity index (χ2n) is 5.63. The summed E-state index contributed by atoms with van der Waals surface area (Å²) in [6.07, 6.45) is -1.99. The molecular weight excluding hydrogens is 267 g/mol. The largest absolute Gasteiger partial charge is 0.433 e. The summed E-state index contributed by atoms with van der Waals surface area (Å²) in [4.78, 5) is 5.62. The molecule has 0 spiro atoms. The Kier molecular flexibility index (Phi) is 4.52. The molecule has 2 rings (SSSR count). The Bertz CT molecular complexity index is 428. The minimum Gasteiger partial charge on any atom is -0.367 e. The van der Waals surface area contributed by atoms with E-state index in [0.29, 0.717) is 12.0 Å². The van der Waals surface area contributed by atoms with Crippen LogP contribution in [-0.4, -0.2) is 30.7 Å². The van der Waals surface area contributed by atoms with Crippen LogP contribution in [0, 0.1) is 5.92 Å². The van der Waals surface area contributed by atoms with Crippen LogP contribution in [0.2, 0.25) is 0 Å². The predicted molar refractivity (Wildman–Crippen MR) is 72.7 cm³/mol. The average molecular weight is 287 g/mol. The zero-order valence-corrected chi connectivity index (χ0v) is 11.7. The monoisotopic (exact) mass is 287 g/mol. The molecule has 0 radical (unpaired) electrons. The van der Waals surface area contributed by atoms with Crippen molar-refractivity contribution in [3.05, 3.63) is 24.0 Å². The molecule has 1 fully saturated rings. The summed E-state index contributed by atoms with van der Waals surface area (Å²) in [5, 5.41) is 3.44. The Labute approximate surface area is 117 Å². The Hall–Kier alpha value is -1.30. The standard InChI is InChI=1S/C14H20F3N3/c1-10(2)7-11-9-20(6-5-18-11)12-3-4-13(19-8-12)14(15,16)17/h3-4,8,10-11,18H,5-7,9H2,1-2H3. The number of anilines is 1. The Morgan fingerprint density at radius 2 is 2.15 bits per heavy atom. The van der Waals surface area contributed by atoms with Crippen molar-refractivity contribution in [3.8, 4) is 0 Å². The molecule has 6 heteroatoms. The van der Waals surface area contributed by atoms with Gasteiger partial charge in [0, 0.05) is 25.7 Å². The fourth-order valence-electron chi connectivity index (χ4n) is 2.53. The maximum absolute atomic E-state index is 12.5. The molecule has 1 unspecified atom stereocenters. The molecule has 3 nitrogen and oxygen atoms in total. The van der Waals surface area contributed by atoms with Crippen molar-refractivity contribution >= 4 is 5.69 Å². The molecule has 1 aliphatic rings. The lowest BCUT2D eigenvalue weighted by atomic mass is 10.0. The van der Waals surface area contributed by atoms with E-state index in [-0.39, 0.29) is 0 Å². The third kappa shape index (κ3) is 3.85. The summed E-state index contributed by atoms with van der Waals surface area (Å²) in [5.41, 5.74) is -0.0802. The molecule has 112 valence electrons. The number of pyridine rings is 1. The smallest absolute Gasteiger partial charge is 0.367 e. The highest BCUT2D eigenvalue weighted by molar-refractivity contribution is 5.45. The van der Waals surface area contributed by atoms with Crippen LogP contribution < -0.4 is 10.2 Å². The van der Waals surface area contributed by atoms with Gasteiger partial charge < -0.3 is 10.2 Å². The number of aromatic nitrogens is 1. The molecule has 0 bridgehead atoms. The van der Waals surface area contributed by atoms with Gasteiger partial charge in [0.25, 0.3) is 0 Å². The quantitative estimate of drug-likeness (QED) is 0.926. The van der Waals surface area contributed by atoms with Crippen LogP contribution in [-0.2, 0) is 6.18 Å². The number of nitrogens with one attached hydrogen (secondary N) is 1. The molecule has 2 heterocycles. The van der Waals surface area contributed by atoms with Crippen LogP contribution in [0.15, 0.2) is 18.3 Å². The highest BCUT2D eigenvalue weighted by Gasteiger charge is 2.32. The van der Waals surface area contributed by atoms with Gasteiger partial charge >= 0.3 is 6.18 Å². The average Bonchev–Trinajstić information content (AvgIpc) is 2.37. The van der Waals surface area contributed by atoms with Crippen LogP contribution >= 0.6 is 0 Å². The summed E-state index contributed by atoms with van der Waals surface area (Å²) in [5.74, 6) is 0.596. The first-order valence-electron chi connectivity index (χ1n) is 6.88. The molecule has 0 aromatic carbocycles. The predicted octanol–water partition coefficient (Wildman–Crippen LogP) is 2.92. The van der Waals surface area contributed by atoms with Crippen molar-refractivity contribution in [2.24, 2.45) is 5.92 Å². The Balaban J connectivity index is 2.04. The minimum absolute atomic E-state index is 0.381. The third-order valence-electron chi connectivity index (χ3n) is 3.41. The van der Waals surface area contributed by atoms with Gasteiger partial charge in [-0.05, 0) is 24.5 Å². The first kappa shape index (κ1) is 15.1. The van der Waals surface area contributed by atoms with Crippen molar-refractivity contribution in [1.29, 1.82) is 0 Å². The van der Waals surface area contributed by atoms with Gasteiger partial charge in [0.05, 0.1) is 11.9 Å². The minimum atomic E-state index is -4.37. The topological polar surface area (TPSA) is 28.2 Å². The molecular formula is C14H20F3N3. The van der Waals surface area contributed by atoms with Crippen LogP contribution in [0.25, 0.3) is 0 Å². The number of rotatable bonds is 3. The Morgan fingerprint density at radius 3 is 2.70 bits per heavy atom. The lowest BCUT2D eigenvalue weighted by molar-refractivity contribution is -0.141. The molecule has 0 saturated carbocycles. The van der Waals surface area contributed by atoms with Gasteiger partial charge in [-0.25, -0.2) is 4.98 Å². The van der Waals surface area contributed by atoms with Crippen LogP contribution in [0.4, 0.5) is 18.9 Å². The molecule has 1 N–H and O–H groups in total. The lowest BCUT2D eigenvalue weighted by Gasteiger charge is -2.36. The highest BCUT2D eigenvalue weighted by atomic mass is 19.4. The van der Waals surface area contributed by atoms with E-state index in [1.807, 2.05) is 0 Å². The molecule has 1 aromatic heterocycles. The van der Waals surface area contributed by atoms with Gasteiger partial charge in [-0.3, -0.25) is 0 Å². The normalized spacial score (nSPS) is 20.5. The van der Waals surface area contributed by atoms with E-state index < -0.39 is 11.9 Å². The van der Waals surface area contributed by atoms with Gasteiger partial charge in [-0.15, -0.1) is 0 Å². The molecule has 1 aliphatic heterocycles. The van der Waals surface area contributed by atoms with Gasteiger partial charge in [0.15, 0.2) is 0 Å². The van der Waals surface area contributed by atoms with E-state index >= 15 is 0 Å². The van der Waals surface area contributed by atoms with E-state index in [1.165, 1.54) is 12.3 Å². The van der Waals surface area contributed by atoms with Crippen molar-refractivity contribution in [3.63, 3.8) is 0 Å². The SMILES string of the molecule is CC(C)CC1CN(c2ccc(C(F)(F)F)nc2)CCN1. The molecule has 1 saturated heterocycles. The third-order valence-corrected chi connectivity index (χ3v) is 3.41. The van der Waals surface area contributed by atoms with Gasteiger partial charge in [0.1, 0.15) is 5.69 Å². The second-order valence-corrected chi connectivity index (χ2v) is 5.63. The summed E-state index contributed by atoms with van der Waals surface area (Å²) < 4.78 is 37.4. The maximum Gasteiger partial charge on any atom is 0.433 e. The highest BCUT2D eigenvalue weighted by Crippen LogP contribution is 2.28. The summed E-state index contributed by atoms with van der Waals surface area (Å²) in [7, 11) is 0. The van der Waals surface area contributed by atoms with E-state index in [2.05, 4.69) is 29.0 Å². The molecule has 20 heavy (non-hydrogen) atoms. The second kappa shape index (κ2) is 5.99. The number of hydrogen-bond acceptors (Lipinski definition) is 3. The molecule has 1 atom stereocenters. The maximum atomic E-state index is 12.5. The van der Waals surface area contributed by atoms with E-state index in [0.717, 1.165) is 37.8 Å². The summed E-state index contributed by atoms with van der Waals surface area (Å²) in [6.45, 7) is 6.78.